The summed E-state index contributed by atoms with van der Waals surface area (Å²) in [7, 11) is 0. The molecule has 1 aromatic carbocycles. The zero-order valence-corrected chi connectivity index (χ0v) is 12.0. The van der Waals surface area contributed by atoms with Crippen molar-refractivity contribution < 1.29 is 5.11 Å². The Hall–Kier alpha value is -0.820. The molecule has 1 rings (SSSR count). The molecule has 0 aliphatic heterocycles. The third-order valence-corrected chi connectivity index (χ3v) is 1.92. The van der Waals surface area contributed by atoms with Crippen molar-refractivity contribution in [1.29, 1.82) is 0 Å². The molecule has 0 fully saturated rings. The van der Waals surface area contributed by atoms with E-state index in [1.165, 1.54) is 11.1 Å². The van der Waals surface area contributed by atoms with Crippen LogP contribution in [0, 0.1) is 6.92 Å². The van der Waals surface area contributed by atoms with Crippen LogP contribution in [0.1, 0.15) is 52.7 Å². The van der Waals surface area contributed by atoms with E-state index in [0.717, 1.165) is 0 Å². The van der Waals surface area contributed by atoms with Crippen molar-refractivity contribution in [2.45, 2.75) is 53.9 Å². The SMILES string of the molecule is CC.CCO.Cc1ccc(C(C)(C)C)cc1. The highest BCUT2D eigenvalue weighted by molar-refractivity contribution is 5.26. The van der Waals surface area contributed by atoms with Gasteiger partial charge in [-0.05, 0) is 24.8 Å². The highest BCUT2D eigenvalue weighted by Gasteiger charge is 2.11. The Morgan fingerprint density at radius 1 is 1.00 bits per heavy atom. The van der Waals surface area contributed by atoms with E-state index >= 15 is 0 Å². The van der Waals surface area contributed by atoms with Gasteiger partial charge in [0, 0.05) is 6.61 Å². The summed E-state index contributed by atoms with van der Waals surface area (Å²) in [6.07, 6.45) is 0. The largest absolute Gasteiger partial charge is 0.397 e. The average Bonchev–Trinajstić information content (AvgIpc) is 2.21. The van der Waals surface area contributed by atoms with E-state index in [4.69, 9.17) is 5.11 Å². The first-order valence-corrected chi connectivity index (χ1v) is 6.09. The topological polar surface area (TPSA) is 20.2 Å². The van der Waals surface area contributed by atoms with E-state index in [0.29, 0.717) is 0 Å². The molecule has 1 nitrogen and oxygen atoms in total. The van der Waals surface area contributed by atoms with Crippen LogP contribution in [-0.4, -0.2) is 11.7 Å². The minimum absolute atomic E-state index is 0.250. The van der Waals surface area contributed by atoms with Gasteiger partial charge in [-0.25, -0.2) is 0 Å². The van der Waals surface area contributed by atoms with Crippen LogP contribution in [0.4, 0.5) is 0 Å². The molecule has 0 heterocycles. The fraction of sp³-hybridized carbons (Fsp3) is 0.600. The molecule has 0 saturated carbocycles. The van der Waals surface area contributed by atoms with Gasteiger partial charge in [0.15, 0.2) is 0 Å². The molecular weight excluding hydrogens is 196 g/mol. The van der Waals surface area contributed by atoms with Gasteiger partial charge in [-0.1, -0.05) is 64.4 Å². The van der Waals surface area contributed by atoms with E-state index in [1.807, 2.05) is 13.8 Å². The number of hydrogen-bond acceptors (Lipinski definition) is 1. The molecule has 16 heavy (non-hydrogen) atoms. The van der Waals surface area contributed by atoms with Crippen LogP contribution < -0.4 is 0 Å². The highest BCUT2D eigenvalue weighted by atomic mass is 16.2. The highest BCUT2D eigenvalue weighted by Crippen LogP contribution is 2.21. The van der Waals surface area contributed by atoms with Gasteiger partial charge < -0.3 is 5.11 Å². The molecule has 0 unspecified atom stereocenters. The summed E-state index contributed by atoms with van der Waals surface area (Å²) in [5.41, 5.74) is 3.02. The zero-order chi connectivity index (χ0) is 13.2. The lowest BCUT2D eigenvalue weighted by Gasteiger charge is -2.18. The maximum absolute atomic E-state index is 7.57. The Balaban J connectivity index is 0. The zero-order valence-electron chi connectivity index (χ0n) is 12.0. The molecule has 0 atom stereocenters. The molecule has 0 bridgehead atoms. The van der Waals surface area contributed by atoms with Crippen LogP contribution in [0.3, 0.4) is 0 Å². The fourth-order valence-corrected chi connectivity index (χ4v) is 1.05. The molecule has 0 saturated heterocycles. The Morgan fingerprint density at radius 2 is 1.31 bits per heavy atom. The summed E-state index contributed by atoms with van der Waals surface area (Å²) in [6.45, 7) is 14.7. The maximum atomic E-state index is 7.57. The second kappa shape index (κ2) is 9.41. The van der Waals surface area contributed by atoms with Crippen LogP contribution in [0.5, 0.6) is 0 Å². The Labute approximate surface area is 102 Å². The maximum Gasteiger partial charge on any atom is 0.0402 e. The van der Waals surface area contributed by atoms with Gasteiger partial charge in [-0.3, -0.25) is 0 Å². The third-order valence-electron chi connectivity index (χ3n) is 1.92. The lowest BCUT2D eigenvalue weighted by Crippen LogP contribution is -2.10. The van der Waals surface area contributed by atoms with Crippen molar-refractivity contribution in [1.82, 2.24) is 0 Å². The van der Waals surface area contributed by atoms with Crippen molar-refractivity contribution in [3.05, 3.63) is 35.4 Å². The molecule has 0 spiro atoms. The van der Waals surface area contributed by atoms with Crippen LogP contribution >= 0.6 is 0 Å². The van der Waals surface area contributed by atoms with Gasteiger partial charge in [0.25, 0.3) is 0 Å². The first-order valence-electron chi connectivity index (χ1n) is 6.09. The number of aliphatic hydroxyl groups is 1. The number of rotatable bonds is 0. The van der Waals surface area contributed by atoms with Gasteiger partial charge >= 0.3 is 0 Å². The molecule has 0 amide bonds. The normalized spacial score (nSPS) is 9.50. The number of aliphatic hydroxyl groups excluding tert-OH is 1. The molecule has 1 heteroatoms. The number of benzene rings is 1. The van der Waals surface area contributed by atoms with Gasteiger partial charge in [0.1, 0.15) is 0 Å². The Bertz CT molecular complexity index is 241. The molecule has 1 N–H and O–H groups in total. The summed E-state index contributed by atoms with van der Waals surface area (Å²) >= 11 is 0. The predicted octanol–water partition coefficient (Wildman–Crippen LogP) is 4.32. The van der Waals surface area contributed by atoms with Crippen molar-refractivity contribution in [3.63, 3.8) is 0 Å². The van der Waals surface area contributed by atoms with Gasteiger partial charge in [0.2, 0.25) is 0 Å². The fourth-order valence-electron chi connectivity index (χ4n) is 1.05. The molecular formula is C15H28O. The standard InChI is InChI=1S/C11H16.C2H6O.C2H6/c1-9-5-7-10(8-6-9)11(2,3)4;1-2-3;1-2/h5-8H,1-4H3;3H,2H2,1H3;1-2H3. The quantitative estimate of drug-likeness (QED) is 0.696. The summed E-state index contributed by atoms with van der Waals surface area (Å²) in [4.78, 5) is 0. The average molecular weight is 224 g/mol. The summed E-state index contributed by atoms with van der Waals surface area (Å²) in [6, 6.07) is 8.74. The number of aryl methyl sites for hydroxylation is 1. The van der Waals surface area contributed by atoms with E-state index < -0.39 is 0 Å². The first-order chi connectivity index (χ1) is 7.41. The first kappa shape index (κ1) is 17.6. The minimum Gasteiger partial charge on any atom is -0.397 e. The van der Waals surface area contributed by atoms with Crippen LogP contribution in [0.2, 0.25) is 0 Å². The minimum atomic E-state index is 0.250. The summed E-state index contributed by atoms with van der Waals surface area (Å²) in [5.74, 6) is 0. The third kappa shape index (κ3) is 8.49. The van der Waals surface area contributed by atoms with Crippen LogP contribution in [0.15, 0.2) is 24.3 Å². The second-order valence-corrected chi connectivity index (χ2v) is 4.43. The monoisotopic (exact) mass is 224 g/mol. The van der Waals surface area contributed by atoms with Crippen molar-refractivity contribution in [3.8, 4) is 0 Å². The summed E-state index contributed by atoms with van der Waals surface area (Å²) < 4.78 is 0. The van der Waals surface area contributed by atoms with Crippen molar-refractivity contribution >= 4 is 0 Å². The molecule has 94 valence electrons. The van der Waals surface area contributed by atoms with E-state index in [1.54, 1.807) is 6.92 Å². The summed E-state index contributed by atoms with van der Waals surface area (Å²) in [5, 5.41) is 7.57. The van der Waals surface area contributed by atoms with Crippen molar-refractivity contribution in [2.24, 2.45) is 0 Å². The Morgan fingerprint density at radius 3 is 1.56 bits per heavy atom. The van der Waals surface area contributed by atoms with Gasteiger partial charge in [0.05, 0.1) is 0 Å². The van der Waals surface area contributed by atoms with E-state index in [2.05, 4.69) is 52.0 Å². The van der Waals surface area contributed by atoms with Crippen LogP contribution in [-0.2, 0) is 5.41 Å². The molecule has 0 aliphatic carbocycles. The second-order valence-electron chi connectivity index (χ2n) is 4.43. The molecule has 0 aromatic heterocycles. The molecule has 1 aromatic rings. The lowest BCUT2D eigenvalue weighted by molar-refractivity contribution is 0.318. The molecule has 0 aliphatic rings. The van der Waals surface area contributed by atoms with Crippen LogP contribution in [0.25, 0.3) is 0 Å². The lowest BCUT2D eigenvalue weighted by atomic mass is 9.87. The smallest absolute Gasteiger partial charge is 0.0402 e. The van der Waals surface area contributed by atoms with Crippen molar-refractivity contribution in [2.75, 3.05) is 6.61 Å². The van der Waals surface area contributed by atoms with Gasteiger partial charge in [-0.15, -0.1) is 0 Å². The number of hydrogen-bond donors (Lipinski definition) is 1. The van der Waals surface area contributed by atoms with Gasteiger partial charge in [-0.2, -0.15) is 0 Å². The molecule has 0 radical (unpaired) electrons. The Kier molecular flexibility index (Phi) is 10.3. The van der Waals surface area contributed by atoms with E-state index in [-0.39, 0.29) is 12.0 Å². The van der Waals surface area contributed by atoms with E-state index in [9.17, 15) is 0 Å². The predicted molar refractivity (Wildman–Crippen MR) is 74.0 cm³/mol.